The van der Waals surface area contributed by atoms with E-state index in [9.17, 15) is 5.11 Å². The Morgan fingerprint density at radius 3 is 2.59 bits per heavy atom. The van der Waals surface area contributed by atoms with Gasteiger partial charge in [0.1, 0.15) is 18.1 Å². The highest BCUT2D eigenvalue weighted by atomic mass is 16.5. The Labute approximate surface area is 262 Å². The standard InChI is InChI=1S/C37H46N4O3/c1-7-12-30(13-8-2)40-21-20-31-26(4)29(16-10-15-28(31)23-40)24-44-36-25(3)14-9-17-32(36)34-18-11-19-35(39-34)41-37(43-6)33(22-38-41)27(5)42/h9-11,14,16-19,22,30,42H,5,7-8,12-13,15,20-21,23-24H2,1-4,6H3. The van der Waals surface area contributed by atoms with Crippen LogP contribution in [0.3, 0.4) is 0 Å². The number of benzene rings is 1. The van der Waals surface area contributed by atoms with Crippen molar-refractivity contribution in [3.63, 3.8) is 0 Å². The molecule has 7 heteroatoms. The van der Waals surface area contributed by atoms with Gasteiger partial charge >= 0.3 is 0 Å². The van der Waals surface area contributed by atoms with E-state index in [0.717, 1.165) is 48.5 Å². The minimum absolute atomic E-state index is 0.110. The number of methoxy groups -OCH3 is 1. The van der Waals surface area contributed by atoms with Crippen molar-refractivity contribution in [3.8, 4) is 28.7 Å². The van der Waals surface area contributed by atoms with E-state index in [1.807, 2.05) is 30.3 Å². The molecule has 44 heavy (non-hydrogen) atoms. The number of allylic oxidation sites excluding steroid dienone is 2. The van der Waals surface area contributed by atoms with E-state index in [2.05, 4.69) is 62.5 Å². The van der Waals surface area contributed by atoms with Crippen molar-refractivity contribution in [3.05, 3.63) is 94.7 Å². The van der Waals surface area contributed by atoms with Gasteiger partial charge in [-0.1, -0.05) is 63.6 Å². The molecule has 1 aromatic carbocycles. The van der Waals surface area contributed by atoms with E-state index in [-0.39, 0.29) is 5.76 Å². The zero-order valence-electron chi connectivity index (χ0n) is 26.9. The van der Waals surface area contributed by atoms with Crippen LogP contribution in [0.2, 0.25) is 0 Å². The number of aromatic nitrogens is 3. The molecule has 0 amide bonds. The van der Waals surface area contributed by atoms with Gasteiger partial charge in [-0.2, -0.15) is 9.78 Å². The lowest BCUT2D eigenvalue weighted by Gasteiger charge is -2.37. The van der Waals surface area contributed by atoms with Crippen molar-refractivity contribution in [2.75, 3.05) is 26.8 Å². The smallest absolute Gasteiger partial charge is 0.229 e. The molecule has 0 unspecified atom stereocenters. The second kappa shape index (κ2) is 14.1. The molecule has 0 atom stereocenters. The van der Waals surface area contributed by atoms with Gasteiger partial charge < -0.3 is 14.6 Å². The van der Waals surface area contributed by atoms with E-state index in [1.165, 1.54) is 55.7 Å². The van der Waals surface area contributed by atoms with Crippen LogP contribution >= 0.6 is 0 Å². The number of pyridine rings is 1. The average molecular weight is 595 g/mol. The zero-order valence-corrected chi connectivity index (χ0v) is 26.9. The molecule has 7 nitrogen and oxygen atoms in total. The second-order valence-electron chi connectivity index (χ2n) is 11.8. The van der Waals surface area contributed by atoms with E-state index in [0.29, 0.717) is 29.9 Å². The van der Waals surface area contributed by atoms with Crippen LogP contribution in [-0.2, 0) is 0 Å². The molecule has 0 spiro atoms. The SMILES string of the molecule is C=C(O)c1cnn(-c2cccc(-c3cccc(C)c3OCC3=C(C)C4=C(CC=C3)CN(C(CCC)CCC)CC4)n2)c1OC. The van der Waals surface area contributed by atoms with Crippen LogP contribution in [0.25, 0.3) is 22.8 Å². The molecule has 2 aromatic heterocycles. The Balaban J connectivity index is 1.40. The Hall–Kier alpha value is -4.10. The molecule has 5 rings (SSSR count). The molecular weight excluding hydrogens is 548 g/mol. The van der Waals surface area contributed by atoms with Crippen molar-refractivity contribution in [2.24, 2.45) is 0 Å². The van der Waals surface area contributed by atoms with Gasteiger partial charge in [-0.3, -0.25) is 4.90 Å². The van der Waals surface area contributed by atoms with E-state index in [1.54, 1.807) is 10.3 Å². The summed E-state index contributed by atoms with van der Waals surface area (Å²) in [6, 6.07) is 12.6. The quantitative estimate of drug-likeness (QED) is 0.212. The van der Waals surface area contributed by atoms with Crippen LogP contribution in [0.1, 0.15) is 70.4 Å². The van der Waals surface area contributed by atoms with Crippen molar-refractivity contribution in [1.29, 1.82) is 0 Å². The molecule has 0 bridgehead atoms. The number of rotatable bonds is 12. The molecule has 1 aliphatic heterocycles. The fourth-order valence-electron chi connectivity index (χ4n) is 6.58. The first-order valence-electron chi connectivity index (χ1n) is 15.9. The number of hydrogen-bond donors (Lipinski definition) is 1. The minimum atomic E-state index is -0.110. The molecule has 0 saturated carbocycles. The zero-order chi connectivity index (χ0) is 31.2. The maximum absolute atomic E-state index is 9.96. The first-order chi connectivity index (χ1) is 21.4. The molecule has 0 radical (unpaired) electrons. The van der Waals surface area contributed by atoms with Crippen LogP contribution in [0.4, 0.5) is 0 Å². The lowest BCUT2D eigenvalue weighted by molar-refractivity contribution is 0.182. The van der Waals surface area contributed by atoms with Gasteiger partial charge in [0.25, 0.3) is 0 Å². The highest BCUT2D eigenvalue weighted by Crippen LogP contribution is 2.36. The monoisotopic (exact) mass is 594 g/mol. The predicted octanol–water partition coefficient (Wildman–Crippen LogP) is 8.41. The summed E-state index contributed by atoms with van der Waals surface area (Å²) in [5.74, 6) is 1.64. The average Bonchev–Trinajstić information content (AvgIpc) is 3.41. The maximum atomic E-state index is 9.96. The molecule has 0 fully saturated rings. The number of hydrogen-bond acceptors (Lipinski definition) is 6. The summed E-state index contributed by atoms with van der Waals surface area (Å²) in [4.78, 5) is 7.64. The number of ether oxygens (including phenoxy) is 2. The normalized spacial score (nSPS) is 15.5. The van der Waals surface area contributed by atoms with E-state index in [4.69, 9.17) is 14.5 Å². The summed E-state index contributed by atoms with van der Waals surface area (Å²) in [6.07, 6.45) is 13.3. The molecule has 2 aliphatic rings. The lowest BCUT2D eigenvalue weighted by atomic mass is 9.90. The molecule has 0 saturated heterocycles. The molecule has 1 N–H and O–H groups in total. The van der Waals surface area contributed by atoms with Crippen LogP contribution in [0, 0.1) is 6.92 Å². The van der Waals surface area contributed by atoms with E-state index >= 15 is 0 Å². The molecular formula is C37H46N4O3. The van der Waals surface area contributed by atoms with Crippen molar-refractivity contribution in [1.82, 2.24) is 19.7 Å². The van der Waals surface area contributed by atoms with Gasteiger partial charge in [0.2, 0.25) is 5.88 Å². The summed E-state index contributed by atoms with van der Waals surface area (Å²) in [6.45, 7) is 15.3. The number of para-hydroxylation sites is 1. The van der Waals surface area contributed by atoms with Gasteiger partial charge in [0, 0.05) is 24.7 Å². The van der Waals surface area contributed by atoms with Gasteiger partial charge in [-0.25, -0.2) is 4.98 Å². The molecule has 1 aliphatic carbocycles. The van der Waals surface area contributed by atoms with Crippen molar-refractivity contribution < 1.29 is 14.6 Å². The predicted molar refractivity (Wildman–Crippen MR) is 179 cm³/mol. The van der Waals surface area contributed by atoms with Crippen LogP contribution < -0.4 is 9.47 Å². The van der Waals surface area contributed by atoms with Crippen molar-refractivity contribution >= 4 is 5.76 Å². The highest BCUT2D eigenvalue weighted by molar-refractivity contribution is 5.70. The molecule has 3 aromatic rings. The minimum Gasteiger partial charge on any atom is -0.508 e. The fourth-order valence-corrected chi connectivity index (χ4v) is 6.58. The Morgan fingerprint density at radius 2 is 1.86 bits per heavy atom. The van der Waals surface area contributed by atoms with Gasteiger partial charge in [-0.15, -0.1) is 0 Å². The molecule has 232 valence electrons. The topological polar surface area (TPSA) is 72.6 Å². The van der Waals surface area contributed by atoms with Crippen LogP contribution in [0.15, 0.2) is 83.6 Å². The third-order valence-electron chi connectivity index (χ3n) is 8.89. The first kappa shape index (κ1) is 31.3. The second-order valence-corrected chi connectivity index (χ2v) is 11.8. The van der Waals surface area contributed by atoms with Crippen LogP contribution in [-0.4, -0.2) is 57.6 Å². The Morgan fingerprint density at radius 1 is 1.09 bits per heavy atom. The maximum Gasteiger partial charge on any atom is 0.229 e. The lowest BCUT2D eigenvalue weighted by Crippen LogP contribution is -2.40. The summed E-state index contributed by atoms with van der Waals surface area (Å²) in [5, 5.41) is 14.3. The highest BCUT2D eigenvalue weighted by Gasteiger charge is 2.26. The fraction of sp³-hybridized carbons (Fsp3) is 0.405. The summed E-state index contributed by atoms with van der Waals surface area (Å²) in [5.41, 5.74) is 8.82. The van der Waals surface area contributed by atoms with Gasteiger partial charge in [0.05, 0.1) is 24.6 Å². The van der Waals surface area contributed by atoms with Crippen molar-refractivity contribution in [2.45, 2.75) is 72.3 Å². The largest absolute Gasteiger partial charge is 0.508 e. The number of aliphatic hydroxyl groups excluding tert-OH is 1. The summed E-state index contributed by atoms with van der Waals surface area (Å²) < 4.78 is 13.7. The first-order valence-corrected chi connectivity index (χ1v) is 15.9. The molecule has 3 heterocycles. The Bertz CT molecular complexity index is 1590. The van der Waals surface area contributed by atoms with Gasteiger partial charge in [-0.05, 0) is 85.6 Å². The summed E-state index contributed by atoms with van der Waals surface area (Å²) >= 11 is 0. The third kappa shape index (κ3) is 6.53. The number of aliphatic hydroxyl groups is 1. The van der Waals surface area contributed by atoms with Crippen LogP contribution in [0.5, 0.6) is 11.6 Å². The summed E-state index contributed by atoms with van der Waals surface area (Å²) in [7, 11) is 1.53. The number of nitrogens with zero attached hydrogens (tertiary/aromatic N) is 4. The third-order valence-corrected chi connectivity index (χ3v) is 8.89. The van der Waals surface area contributed by atoms with Gasteiger partial charge in [0.15, 0.2) is 5.82 Å². The van der Waals surface area contributed by atoms with E-state index < -0.39 is 0 Å². The number of aryl methyl sites for hydroxylation is 1. The Kier molecular flexibility index (Phi) is 10.1.